The number of carbonyl (C=O) groups is 1. The standard InChI is InChI=1S/C26H32N2O6/c1-6-27-9-11-28(12-10-27)15-18-19(29)13-16(2)22-23(30)21(34-25(18)22)14-17-7-8-20(31-3)26(33-5)24(17)32-4/h7-8,13-14,29H,6,9-12,15H2,1-5H3/b21-14-. The number of likely N-dealkylation sites (N-methyl/N-ethyl adjacent to an activating group) is 1. The molecule has 0 radical (unpaired) electrons. The molecule has 182 valence electrons. The highest BCUT2D eigenvalue weighted by molar-refractivity contribution is 6.16. The lowest BCUT2D eigenvalue weighted by molar-refractivity contribution is 0.101. The number of nitrogens with zero attached hydrogens (tertiary/aromatic N) is 2. The summed E-state index contributed by atoms with van der Waals surface area (Å²) in [5, 5.41) is 10.8. The van der Waals surface area contributed by atoms with Crippen molar-refractivity contribution in [3.05, 3.63) is 46.2 Å². The number of piperazine rings is 1. The molecule has 1 saturated heterocycles. The summed E-state index contributed by atoms with van der Waals surface area (Å²) in [6.45, 7) is 9.28. The monoisotopic (exact) mass is 468 g/mol. The Morgan fingerprint density at radius 1 is 1.03 bits per heavy atom. The number of allylic oxidation sites excluding steroid dienone is 1. The molecule has 8 nitrogen and oxygen atoms in total. The molecule has 0 unspecified atom stereocenters. The van der Waals surface area contributed by atoms with E-state index in [9.17, 15) is 9.90 Å². The number of benzene rings is 2. The van der Waals surface area contributed by atoms with Gasteiger partial charge in [-0.3, -0.25) is 9.69 Å². The molecule has 2 aromatic rings. The summed E-state index contributed by atoms with van der Waals surface area (Å²) in [7, 11) is 4.61. The first-order valence-electron chi connectivity index (χ1n) is 11.4. The van der Waals surface area contributed by atoms with Gasteiger partial charge in [0.2, 0.25) is 11.5 Å². The van der Waals surface area contributed by atoms with Crippen LogP contribution in [0.15, 0.2) is 24.0 Å². The van der Waals surface area contributed by atoms with Crippen LogP contribution in [0.3, 0.4) is 0 Å². The number of hydrogen-bond donors (Lipinski definition) is 1. The fourth-order valence-corrected chi connectivity index (χ4v) is 4.60. The van der Waals surface area contributed by atoms with E-state index in [1.165, 1.54) is 14.2 Å². The van der Waals surface area contributed by atoms with Crippen molar-refractivity contribution in [2.45, 2.75) is 20.4 Å². The second kappa shape index (κ2) is 9.95. The summed E-state index contributed by atoms with van der Waals surface area (Å²) in [6, 6.07) is 5.18. The molecular weight excluding hydrogens is 436 g/mol. The van der Waals surface area contributed by atoms with E-state index < -0.39 is 0 Å². The van der Waals surface area contributed by atoms with Crippen molar-refractivity contribution >= 4 is 11.9 Å². The SMILES string of the molecule is CCN1CCN(Cc2c(O)cc(C)c3c2O/C(=C\c2ccc(OC)c(OC)c2OC)C3=O)CC1. The average Bonchev–Trinajstić information content (AvgIpc) is 3.17. The van der Waals surface area contributed by atoms with Crippen LogP contribution in [-0.2, 0) is 6.54 Å². The number of phenolic OH excluding ortho intramolecular Hbond substituents is 1. The van der Waals surface area contributed by atoms with Crippen LogP contribution in [0.4, 0.5) is 0 Å². The van der Waals surface area contributed by atoms with E-state index in [-0.39, 0.29) is 17.3 Å². The van der Waals surface area contributed by atoms with Crippen molar-refractivity contribution in [2.24, 2.45) is 0 Å². The van der Waals surface area contributed by atoms with E-state index in [0.29, 0.717) is 51.8 Å². The Labute approximate surface area is 200 Å². The van der Waals surface area contributed by atoms with Crippen LogP contribution in [0.5, 0.6) is 28.7 Å². The molecule has 1 N–H and O–H groups in total. The first-order valence-corrected chi connectivity index (χ1v) is 11.4. The summed E-state index contributed by atoms with van der Waals surface area (Å²) in [5.74, 6) is 1.93. The normalized spacial score (nSPS) is 17.6. The largest absolute Gasteiger partial charge is 0.507 e. The molecule has 1 fully saturated rings. The van der Waals surface area contributed by atoms with Crippen LogP contribution in [-0.4, -0.2) is 74.7 Å². The van der Waals surface area contributed by atoms with Gasteiger partial charge < -0.3 is 29.0 Å². The van der Waals surface area contributed by atoms with Crippen LogP contribution in [0.2, 0.25) is 0 Å². The molecule has 0 atom stereocenters. The quantitative estimate of drug-likeness (QED) is 0.619. The van der Waals surface area contributed by atoms with Crippen molar-refractivity contribution in [3.8, 4) is 28.7 Å². The first kappa shape index (κ1) is 23.9. The number of fused-ring (bicyclic) bond motifs is 1. The first-order chi connectivity index (χ1) is 16.4. The predicted octanol–water partition coefficient (Wildman–Crippen LogP) is 3.48. The van der Waals surface area contributed by atoms with E-state index in [1.54, 1.807) is 31.4 Å². The Kier molecular flexibility index (Phi) is 7.00. The lowest BCUT2D eigenvalue weighted by Crippen LogP contribution is -2.45. The van der Waals surface area contributed by atoms with Crippen molar-refractivity contribution in [1.29, 1.82) is 0 Å². The summed E-state index contributed by atoms with van der Waals surface area (Å²) < 4.78 is 22.5. The number of rotatable bonds is 7. The number of Topliss-reactive ketones (excluding diaryl/α,β-unsaturated/α-hetero) is 1. The van der Waals surface area contributed by atoms with E-state index in [2.05, 4.69) is 16.7 Å². The molecule has 34 heavy (non-hydrogen) atoms. The highest BCUT2D eigenvalue weighted by Gasteiger charge is 2.34. The van der Waals surface area contributed by atoms with Gasteiger partial charge >= 0.3 is 0 Å². The van der Waals surface area contributed by atoms with Gasteiger partial charge in [0.1, 0.15) is 11.5 Å². The second-order valence-electron chi connectivity index (χ2n) is 8.47. The minimum Gasteiger partial charge on any atom is -0.507 e. The van der Waals surface area contributed by atoms with Crippen LogP contribution >= 0.6 is 0 Å². The van der Waals surface area contributed by atoms with E-state index in [0.717, 1.165) is 32.7 Å². The Morgan fingerprint density at radius 2 is 1.71 bits per heavy atom. The van der Waals surface area contributed by atoms with Crippen molar-refractivity contribution in [2.75, 3.05) is 54.1 Å². The van der Waals surface area contributed by atoms with Gasteiger partial charge in [-0.05, 0) is 43.3 Å². The molecule has 0 aromatic heterocycles. The average molecular weight is 469 g/mol. The lowest BCUT2D eigenvalue weighted by Gasteiger charge is -2.34. The Hall–Kier alpha value is -3.23. The van der Waals surface area contributed by atoms with Crippen LogP contribution in [0.1, 0.15) is 34.0 Å². The molecule has 0 saturated carbocycles. The van der Waals surface area contributed by atoms with Gasteiger partial charge in [-0.25, -0.2) is 0 Å². The number of aromatic hydroxyl groups is 1. The van der Waals surface area contributed by atoms with Crippen molar-refractivity contribution < 1.29 is 28.8 Å². The van der Waals surface area contributed by atoms with Crippen LogP contribution < -0.4 is 18.9 Å². The molecular formula is C26H32N2O6. The number of ketones is 1. The fourth-order valence-electron chi connectivity index (χ4n) is 4.60. The van der Waals surface area contributed by atoms with E-state index in [4.69, 9.17) is 18.9 Å². The van der Waals surface area contributed by atoms with Crippen molar-refractivity contribution in [3.63, 3.8) is 0 Å². The van der Waals surface area contributed by atoms with E-state index in [1.807, 2.05) is 6.92 Å². The topological polar surface area (TPSA) is 80.7 Å². The molecule has 2 heterocycles. The zero-order valence-electron chi connectivity index (χ0n) is 20.4. The molecule has 0 bridgehead atoms. The highest BCUT2D eigenvalue weighted by atomic mass is 16.5. The maximum Gasteiger partial charge on any atom is 0.232 e. The molecule has 0 amide bonds. The van der Waals surface area contributed by atoms with Gasteiger partial charge in [-0.2, -0.15) is 0 Å². The Bertz CT molecular complexity index is 1120. The maximum atomic E-state index is 13.3. The molecule has 0 spiro atoms. The number of ether oxygens (including phenoxy) is 4. The molecule has 0 aliphatic carbocycles. The third-order valence-corrected chi connectivity index (χ3v) is 6.54. The molecule has 2 aliphatic rings. The number of phenols is 1. The lowest BCUT2D eigenvalue weighted by atomic mass is 9.99. The van der Waals surface area contributed by atoms with Crippen LogP contribution in [0.25, 0.3) is 6.08 Å². The van der Waals surface area contributed by atoms with Gasteiger partial charge in [0.15, 0.2) is 17.3 Å². The number of hydrogen-bond acceptors (Lipinski definition) is 8. The zero-order valence-corrected chi connectivity index (χ0v) is 20.4. The second-order valence-corrected chi connectivity index (χ2v) is 8.47. The maximum absolute atomic E-state index is 13.3. The minimum atomic E-state index is -0.221. The summed E-state index contributed by atoms with van der Waals surface area (Å²) in [6.07, 6.45) is 1.64. The molecule has 2 aromatic carbocycles. The molecule has 4 rings (SSSR count). The fraction of sp³-hybridized carbons (Fsp3) is 0.423. The van der Waals surface area contributed by atoms with Gasteiger partial charge in [0.05, 0.1) is 32.5 Å². The summed E-state index contributed by atoms with van der Waals surface area (Å²) >= 11 is 0. The predicted molar refractivity (Wildman–Crippen MR) is 129 cm³/mol. The molecule has 8 heteroatoms. The molecule has 2 aliphatic heterocycles. The Balaban J connectivity index is 1.69. The van der Waals surface area contributed by atoms with Gasteiger partial charge in [0, 0.05) is 38.3 Å². The third kappa shape index (κ3) is 4.31. The minimum absolute atomic E-state index is 0.145. The summed E-state index contributed by atoms with van der Waals surface area (Å²) in [4.78, 5) is 18.0. The van der Waals surface area contributed by atoms with Crippen molar-refractivity contribution in [1.82, 2.24) is 9.80 Å². The highest BCUT2D eigenvalue weighted by Crippen LogP contribution is 2.44. The van der Waals surface area contributed by atoms with Gasteiger partial charge in [-0.15, -0.1) is 0 Å². The van der Waals surface area contributed by atoms with Crippen LogP contribution in [0, 0.1) is 6.92 Å². The smallest absolute Gasteiger partial charge is 0.232 e. The van der Waals surface area contributed by atoms with Gasteiger partial charge in [0.25, 0.3) is 0 Å². The van der Waals surface area contributed by atoms with E-state index >= 15 is 0 Å². The van der Waals surface area contributed by atoms with Gasteiger partial charge in [-0.1, -0.05) is 6.92 Å². The Morgan fingerprint density at radius 3 is 2.32 bits per heavy atom. The summed E-state index contributed by atoms with van der Waals surface area (Å²) in [5.41, 5.74) is 2.43. The number of carbonyl (C=O) groups excluding carboxylic acids is 1. The third-order valence-electron chi connectivity index (χ3n) is 6.54. The number of methoxy groups -OCH3 is 3. The number of aryl methyl sites for hydroxylation is 1. The zero-order chi connectivity index (χ0) is 24.4.